The molecule has 1 aromatic rings. The molecule has 0 N–H and O–H groups in total. The van der Waals surface area contributed by atoms with Gasteiger partial charge in [-0.1, -0.05) is 50.6 Å². The predicted octanol–water partition coefficient (Wildman–Crippen LogP) is -2.39. The van der Waals surface area contributed by atoms with Crippen molar-refractivity contribution >= 4 is 23.1 Å². The molecule has 0 aromatic heterocycles. The Labute approximate surface area is 131 Å². The Morgan fingerprint density at radius 3 is 1.93 bits per heavy atom. The van der Waals surface area contributed by atoms with Gasteiger partial charge in [-0.25, -0.2) is 0 Å². The summed E-state index contributed by atoms with van der Waals surface area (Å²) in [6, 6.07) is 10.8. The van der Waals surface area contributed by atoms with E-state index in [0.717, 1.165) is 5.92 Å². The fourth-order valence-corrected chi connectivity index (χ4v) is 1.68. The van der Waals surface area contributed by atoms with Crippen molar-refractivity contribution in [1.29, 1.82) is 0 Å². The van der Waals surface area contributed by atoms with Gasteiger partial charge >= 0.3 is 23.1 Å². The summed E-state index contributed by atoms with van der Waals surface area (Å²) in [6.45, 7) is 4.53. The number of hydrogen-bond donors (Lipinski definition) is 0. The van der Waals surface area contributed by atoms with E-state index in [-0.39, 0.29) is 57.0 Å². The van der Waals surface area contributed by atoms with Crippen LogP contribution in [0.2, 0.25) is 0 Å². The third-order valence-corrected chi connectivity index (χ3v) is 2.40. The molecule has 0 heterocycles. The van der Waals surface area contributed by atoms with Crippen LogP contribution in [0.25, 0.3) is 0 Å². The van der Waals surface area contributed by atoms with E-state index in [1.165, 1.54) is 24.8 Å². The number of rotatable bonds is 4. The van der Waals surface area contributed by atoms with E-state index in [0.29, 0.717) is 0 Å². The zero-order valence-electron chi connectivity index (χ0n) is 9.55. The first-order valence-corrected chi connectivity index (χ1v) is 4.93. The molecule has 15 heavy (non-hydrogen) atoms. The summed E-state index contributed by atoms with van der Waals surface area (Å²) < 4.78 is 0. The molecule has 82 valence electrons. The van der Waals surface area contributed by atoms with Crippen molar-refractivity contribution in [3.63, 3.8) is 0 Å². The van der Waals surface area contributed by atoms with E-state index in [4.69, 9.17) is 0 Å². The molecule has 0 fully saturated rings. The summed E-state index contributed by atoms with van der Waals surface area (Å²) in [7, 11) is 0. The fraction of sp³-hybridized carbons (Fsp3) is 0.500. The topological polar surface area (TPSA) is 0 Å². The molecule has 1 rings (SSSR count). The molecule has 0 spiro atoms. The number of hydrogen-bond acceptors (Lipinski definition) is 0. The van der Waals surface area contributed by atoms with Crippen molar-refractivity contribution in [3.8, 4) is 0 Å². The van der Waals surface area contributed by atoms with Crippen LogP contribution in [0.3, 0.4) is 0 Å². The quantitative estimate of drug-likeness (QED) is 0.534. The third kappa shape index (κ3) is 7.78. The first kappa shape index (κ1) is 21.3. The minimum absolute atomic E-state index is 0. The van der Waals surface area contributed by atoms with Crippen molar-refractivity contribution in [2.24, 2.45) is 0 Å². The molecular formula is C12H18Br2Mg. The van der Waals surface area contributed by atoms with Gasteiger partial charge in [0.05, 0.1) is 0 Å². The summed E-state index contributed by atoms with van der Waals surface area (Å²) in [6.07, 6.45) is 3.87. The van der Waals surface area contributed by atoms with Crippen molar-refractivity contribution in [1.82, 2.24) is 0 Å². The monoisotopic (exact) mass is 344 g/mol. The van der Waals surface area contributed by atoms with Gasteiger partial charge in [0.25, 0.3) is 0 Å². The van der Waals surface area contributed by atoms with Crippen molar-refractivity contribution in [2.45, 2.75) is 39.0 Å². The average Bonchev–Trinajstić information content (AvgIpc) is 2.15. The second kappa shape index (κ2) is 13.0. The van der Waals surface area contributed by atoms with Gasteiger partial charge in [0.15, 0.2) is 0 Å². The summed E-state index contributed by atoms with van der Waals surface area (Å²) in [5.41, 5.74) is 1.50. The zero-order valence-corrected chi connectivity index (χ0v) is 14.1. The van der Waals surface area contributed by atoms with E-state index in [1.807, 2.05) is 0 Å². The molecule has 0 amide bonds. The maximum Gasteiger partial charge on any atom is 2.00 e. The minimum Gasteiger partial charge on any atom is -1.00 e. The normalized spacial score (nSPS) is 10.3. The smallest absolute Gasteiger partial charge is 1.00 e. The van der Waals surface area contributed by atoms with Gasteiger partial charge in [-0.2, -0.15) is 0 Å². The molecule has 1 aromatic carbocycles. The molecule has 0 bridgehead atoms. The van der Waals surface area contributed by atoms with Crippen LogP contribution in [-0.4, -0.2) is 23.1 Å². The van der Waals surface area contributed by atoms with Gasteiger partial charge in [-0.3, -0.25) is 0 Å². The van der Waals surface area contributed by atoms with Crippen LogP contribution >= 0.6 is 0 Å². The first-order valence-electron chi connectivity index (χ1n) is 4.93. The van der Waals surface area contributed by atoms with E-state index in [9.17, 15) is 0 Å². The third-order valence-electron chi connectivity index (χ3n) is 2.40. The van der Waals surface area contributed by atoms with Crippen LogP contribution < -0.4 is 34.0 Å². The van der Waals surface area contributed by atoms with Crippen LogP contribution in [0.5, 0.6) is 0 Å². The SMILES string of the molecule is CCCC(CC)c1ccccc1.[Br-].[Br-].[Mg+2]. The molecule has 1 atom stereocenters. The summed E-state index contributed by atoms with van der Waals surface area (Å²) in [5.74, 6) is 0.774. The van der Waals surface area contributed by atoms with Crippen LogP contribution in [0, 0.1) is 0 Å². The van der Waals surface area contributed by atoms with Crippen LogP contribution in [-0.2, 0) is 0 Å². The maximum absolute atomic E-state index is 2.27. The van der Waals surface area contributed by atoms with Crippen LogP contribution in [0.15, 0.2) is 30.3 Å². The van der Waals surface area contributed by atoms with Gasteiger partial charge in [-0.05, 0) is 24.3 Å². The van der Waals surface area contributed by atoms with Crippen molar-refractivity contribution in [3.05, 3.63) is 35.9 Å². The van der Waals surface area contributed by atoms with Crippen molar-refractivity contribution in [2.75, 3.05) is 0 Å². The Kier molecular flexibility index (Phi) is 18.4. The fourth-order valence-electron chi connectivity index (χ4n) is 1.68. The molecular weight excluding hydrogens is 328 g/mol. The summed E-state index contributed by atoms with van der Waals surface area (Å²) >= 11 is 0. The van der Waals surface area contributed by atoms with Crippen LogP contribution in [0.1, 0.15) is 44.6 Å². The van der Waals surface area contributed by atoms with Crippen LogP contribution in [0.4, 0.5) is 0 Å². The standard InChI is InChI=1S/C12H18.2BrH.Mg/c1-3-8-11(4-2)12-9-6-5-7-10-12;;;/h5-7,9-11H,3-4,8H2,1-2H3;2*1H;/q;;;+2/p-2. The Hall–Kier alpha value is 0.946. The Bertz CT molecular complexity index is 214. The van der Waals surface area contributed by atoms with E-state index >= 15 is 0 Å². The van der Waals surface area contributed by atoms with E-state index < -0.39 is 0 Å². The van der Waals surface area contributed by atoms with E-state index in [2.05, 4.69) is 44.2 Å². The van der Waals surface area contributed by atoms with E-state index in [1.54, 1.807) is 0 Å². The zero-order chi connectivity index (χ0) is 8.81. The van der Waals surface area contributed by atoms with Gasteiger partial charge in [0.1, 0.15) is 0 Å². The molecule has 3 heteroatoms. The van der Waals surface area contributed by atoms with Gasteiger partial charge in [-0.15, -0.1) is 0 Å². The summed E-state index contributed by atoms with van der Waals surface area (Å²) in [5, 5.41) is 0. The number of halogens is 2. The molecule has 0 aliphatic heterocycles. The molecule has 0 aliphatic carbocycles. The van der Waals surface area contributed by atoms with Gasteiger partial charge < -0.3 is 34.0 Å². The predicted molar refractivity (Wildman–Crippen MR) is 60.1 cm³/mol. The molecule has 0 saturated heterocycles. The Morgan fingerprint density at radius 2 is 1.53 bits per heavy atom. The number of benzene rings is 1. The molecule has 0 nitrogen and oxygen atoms in total. The molecule has 1 unspecified atom stereocenters. The summed E-state index contributed by atoms with van der Waals surface area (Å²) in [4.78, 5) is 0. The van der Waals surface area contributed by atoms with Gasteiger partial charge in [0, 0.05) is 0 Å². The maximum atomic E-state index is 2.27. The first-order chi connectivity index (χ1) is 5.88. The molecule has 0 saturated carbocycles. The second-order valence-electron chi connectivity index (χ2n) is 3.30. The minimum atomic E-state index is 0. The second-order valence-corrected chi connectivity index (χ2v) is 3.30. The molecule has 0 aliphatic rings. The average molecular weight is 346 g/mol. The molecule has 0 radical (unpaired) electrons. The Morgan fingerprint density at radius 1 is 1.00 bits per heavy atom. The largest absolute Gasteiger partial charge is 2.00 e. The van der Waals surface area contributed by atoms with Crippen molar-refractivity contribution < 1.29 is 34.0 Å². The van der Waals surface area contributed by atoms with Gasteiger partial charge in [0.2, 0.25) is 0 Å². The Balaban J connectivity index is -0.000000480.